The second-order valence-corrected chi connectivity index (χ2v) is 6.73. The van der Waals surface area contributed by atoms with Crippen LogP contribution < -0.4 is 10.6 Å². The van der Waals surface area contributed by atoms with Crippen LogP contribution in [0.25, 0.3) is 0 Å². The van der Waals surface area contributed by atoms with Crippen molar-refractivity contribution in [3.63, 3.8) is 0 Å². The van der Waals surface area contributed by atoms with Crippen LogP contribution in [0.5, 0.6) is 0 Å². The van der Waals surface area contributed by atoms with Gasteiger partial charge in [-0.1, -0.05) is 0 Å². The minimum Gasteiger partial charge on any atom is -0.344 e. The number of nitrogens with one attached hydrogen (secondary N) is 2. The summed E-state index contributed by atoms with van der Waals surface area (Å²) in [7, 11) is 0. The maximum atomic E-state index is 12.9. The Labute approximate surface area is 126 Å². The molecule has 2 saturated heterocycles. The van der Waals surface area contributed by atoms with Gasteiger partial charge in [-0.15, -0.1) is 0 Å². The second kappa shape index (κ2) is 6.77. The smallest absolute Gasteiger partial charge is 0.245 e. The summed E-state index contributed by atoms with van der Waals surface area (Å²) in [5.74, 6) is 0.728. The summed E-state index contributed by atoms with van der Waals surface area (Å²) in [6.45, 7) is 3.63. The molecule has 5 heteroatoms. The SMILES string of the molecule is O=C(NC(C(=O)N1CCCCC1)C1CCNCC1)C1CC1. The molecule has 3 aliphatic rings. The molecular weight excluding hydrogens is 266 g/mol. The van der Waals surface area contributed by atoms with E-state index < -0.39 is 0 Å². The van der Waals surface area contributed by atoms with Gasteiger partial charge in [0.05, 0.1) is 0 Å². The Bertz CT molecular complexity index is 383. The fourth-order valence-corrected chi connectivity index (χ4v) is 3.49. The van der Waals surface area contributed by atoms with Gasteiger partial charge in [-0.3, -0.25) is 9.59 Å². The van der Waals surface area contributed by atoms with E-state index in [0.717, 1.165) is 64.7 Å². The fourth-order valence-electron chi connectivity index (χ4n) is 3.49. The number of piperidine rings is 2. The van der Waals surface area contributed by atoms with Crippen molar-refractivity contribution in [1.82, 2.24) is 15.5 Å². The highest BCUT2D eigenvalue weighted by molar-refractivity contribution is 5.89. The average molecular weight is 293 g/mol. The van der Waals surface area contributed by atoms with E-state index in [2.05, 4.69) is 10.6 Å². The Kier molecular flexibility index (Phi) is 4.78. The maximum absolute atomic E-state index is 12.9. The van der Waals surface area contributed by atoms with Gasteiger partial charge >= 0.3 is 0 Å². The van der Waals surface area contributed by atoms with Crippen molar-refractivity contribution in [2.24, 2.45) is 11.8 Å². The number of nitrogens with zero attached hydrogens (tertiary/aromatic N) is 1. The molecule has 2 N–H and O–H groups in total. The molecule has 0 aromatic carbocycles. The molecule has 2 amide bonds. The summed E-state index contributed by atoms with van der Waals surface area (Å²) in [6, 6.07) is -0.293. The van der Waals surface area contributed by atoms with Gasteiger partial charge < -0.3 is 15.5 Å². The van der Waals surface area contributed by atoms with Crippen molar-refractivity contribution in [2.75, 3.05) is 26.2 Å². The Morgan fingerprint density at radius 3 is 2.29 bits per heavy atom. The molecule has 0 radical (unpaired) electrons. The third kappa shape index (κ3) is 3.76. The Morgan fingerprint density at radius 2 is 1.67 bits per heavy atom. The molecule has 1 unspecified atom stereocenters. The van der Waals surface area contributed by atoms with Gasteiger partial charge in [0, 0.05) is 19.0 Å². The van der Waals surface area contributed by atoms with E-state index in [-0.39, 0.29) is 23.8 Å². The first-order chi connectivity index (χ1) is 10.3. The zero-order valence-corrected chi connectivity index (χ0v) is 12.8. The second-order valence-electron chi connectivity index (χ2n) is 6.73. The van der Waals surface area contributed by atoms with Crippen LogP contribution in [0.3, 0.4) is 0 Å². The average Bonchev–Trinajstić information content (AvgIpc) is 3.38. The van der Waals surface area contributed by atoms with E-state index >= 15 is 0 Å². The number of carbonyl (C=O) groups is 2. The summed E-state index contributed by atoms with van der Waals surface area (Å²) in [4.78, 5) is 27.0. The van der Waals surface area contributed by atoms with Gasteiger partial charge in [-0.05, 0) is 64.0 Å². The zero-order valence-electron chi connectivity index (χ0n) is 12.8. The Balaban J connectivity index is 1.66. The lowest BCUT2D eigenvalue weighted by atomic mass is 9.88. The minimum atomic E-state index is -0.293. The van der Waals surface area contributed by atoms with Crippen LogP contribution in [0.4, 0.5) is 0 Å². The van der Waals surface area contributed by atoms with Crippen molar-refractivity contribution >= 4 is 11.8 Å². The quantitative estimate of drug-likeness (QED) is 0.809. The molecular formula is C16H27N3O2. The minimum absolute atomic E-state index is 0.101. The molecule has 3 fully saturated rings. The molecule has 1 atom stereocenters. The van der Waals surface area contributed by atoms with Crippen LogP contribution in [0, 0.1) is 11.8 Å². The van der Waals surface area contributed by atoms with E-state index in [1.807, 2.05) is 4.90 Å². The van der Waals surface area contributed by atoms with Gasteiger partial charge in [0.15, 0.2) is 0 Å². The van der Waals surface area contributed by atoms with E-state index in [9.17, 15) is 9.59 Å². The van der Waals surface area contributed by atoms with Crippen LogP contribution in [-0.2, 0) is 9.59 Å². The molecule has 0 aromatic rings. The summed E-state index contributed by atoms with van der Waals surface area (Å²) >= 11 is 0. The highest BCUT2D eigenvalue weighted by Crippen LogP contribution is 2.30. The van der Waals surface area contributed by atoms with Crippen molar-refractivity contribution in [3.8, 4) is 0 Å². The van der Waals surface area contributed by atoms with E-state index in [4.69, 9.17) is 0 Å². The number of carbonyl (C=O) groups excluding carboxylic acids is 2. The van der Waals surface area contributed by atoms with Crippen molar-refractivity contribution < 1.29 is 9.59 Å². The summed E-state index contributed by atoms with van der Waals surface area (Å²) in [6.07, 6.45) is 7.36. The molecule has 21 heavy (non-hydrogen) atoms. The molecule has 118 valence electrons. The van der Waals surface area contributed by atoms with Crippen LogP contribution in [0.1, 0.15) is 44.9 Å². The third-order valence-electron chi connectivity index (χ3n) is 5.03. The van der Waals surface area contributed by atoms with Gasteiger partial charge in [0.2, 0.25) is 11.8 Å². The van der Waals surface area contributed by atoms with E-state index in [0.29, 0.717) is 5.92 Å². The van der Waals surface area contributed by atoms with Crippen molar-refractivity contribution in [2.45, 2.75) is 51.0 Å². The molecule has 1 saturated carbocycles. The van der Waals surface area contributed by atoms with Crippen LogP contribution in [-0.4, -0.2) is 48.9 Å². The number of likely N-dealkylation sites (tertiary alicyclic amines) is 1. The summed E-state index contributed by atoms with van der Waals surface area (Å²) in [5.41, 5.74) is 0. The largest absolute Gasteiger partial charge is 0.344 e. The molecule has 0 bridgehead atoms. The maximum Gasteiger partial charge on any atom is 0.245 e. The number of amides is 2. The van der Waals surface area contributed by atoms with Gasteiger partial charge in [-0.25, -0.2) is 0 Å². The molecule has 1 aliphatic carbocycles. The summed E-state index contributed by atoms with van der Waals surface area (Å²) < 4.78 is 0. The zero-order chi connectivity index (χ0) is 14.7. The van der Waals surface area contributed by atoms with Crippen molar-refractivity contribution in [3.05, 3.63) is 0 Å². The monoisotopic (exact) mass is 293 g/mol. The van der Waals surface area contributed by atoms with Gasteiger partial charge in [0.1, 0.15) is 6.04 Å². The lowest BCUT2D eigenvalue weighted by Crippen LogP contribution is -2.55. The van der Waals surface area contributed by atoms with Gasteiger partial charge in [-0.2, -0.15) is 0 Å². The standard InChI is InChI=1S/C16H27N3O2/c20-15(13-4-5-13)18-14(12-6-8-17-9-7-12)16(21)19-10-2-1-3-11-19/h12-14,17H,1-11H2,(H,18,20). The van der Waals surface area contributed by atoms with Crippen LogP contribution in [0.2, 0.25) is 0 Å². The van der Waals surface area contributed by atoms with Crippen LogP contribution in [0.15, 0.2) is 0 Å². The molecule has 0 aromatic heterocycles. The highest BCUT2D eigenvalue weighted by Gasteiger charge is 2.37. The first kappa shape index (κ1) is 14.8. The van der Waals surface area contributed by atoms with E-state index in [1.54, 1.807) is 0 Å². The molecule has 2 aliphatic heterocycles. The molecule has 2 heterocycles. The Morgan fingerprint density at radius 1 is 1.00 bits per heavy atom. The number of hydrogen-bond acceptors (Lipinski definition) is 3. The van der Waals surface area contributed by atoms with Crippen molar-refractivity contribution in [1.29, 1.82) is 0 Å². The first-order valence-corrected chi connectivity index (χ1v) is 8.55. The third-order valence-corrected chi connectivity index (χ3v) is 5.03. The predicted molar refractivity (Wildman–Crippen MR) is 80.7 cm³/mol. The molecule has 3 rings (SSSR count). The summed E-state index contributed by atoms with van der Waals surface area (Å²) in [5, 5.41) is 6.43. The Hall–Kier alpha value is -1.10. The lowest BCUT2D eigenvalue weighted by molar-refractivity contribution is -0.139. The van der Waals surface area contributed by atoms with Gasteiger partial charge in [0.25, 0.3) is 0 Å². The van der Waals surface area contributed by atoms with Crippen LogP contribution >= 0.6 is 0 Å². The number of hydrogen-bond donors (Lipinski definition) is 2. The van der Waals surface area contributed by atoms with E-state index in [1.165, 1.54) is 6.42 Å². The molecule has 5 nitrogen and oxygen atoms in total. The predicted octanol–water partition coefficient (Wildman–Crippen LogP) is 0.893. The normalized spacial score (nSPS) is 25.4. The number of rotatable bonds is 4. The first-order valence-electron chi connectivity index (χ1n) is 8.55. The highest BCUT2D eigenvalue weighted by atomic mass is 16.2. The fraction of sp³-hybridized carbons (Fsp3) is 0.875. The topological polar surface area (TPSA) is 61.4 Å². The molecule has 0 spiro atoms. The lowest BCUT2D eigenvalue weighted by Gasteiger charge is -2.36.